The van der Waals surface area contributed by atoms with Gasteiger partial charge in [0.25, 0.3) is 0 Å². The number of aromatic nitrogens is 4. The van der Waals surface area contributed by atoms with Crippen molar-refractivity contribution in [3.05, 3.63) is 24.5 Å². The molecule has 18 heavy (non-hydrogen) atoms. The normalized spacial score (nSPS) is 11.6. The van der Waals surface area contributed by atoms with Gasteiger partial charge in [-0.25, -0.2) is 0 Å². The van der Waals surface area contributed by atoms with E-state index in [1.54, 1.807) is 10.9 Å². The van der Waals surface area contributed by atoms with Crippen molar-refractivity contribution in [3.8, 4) is 0 Å². The first-order valence-corrected chi connectivity index (χ1v) is 8.66. The van der Waals surface area contributed by atoms with Crippen molar-refractivity contribution in [1.29, 1.82) is 0 Å². The molecule has 0 saturated heterocycles. The van der Waals surface area contributed by atoms with Crippen molar-refractivity contribution in [2.75, 3.05) is 5.32 Å². The number of nitrogens with one attached hydrogen (secondary N) is 1. The van der Waals surface area contributed by atoms with Gasteiger partial charge in [-0.15, -0.1) is 0 Å². The standard InChI is InChI=1S/C8H8N5.C4H9.Sn/c1-13-7(3-6-11-13)12-8-9-4-2-5-10-8;1-4(2)3;/h2-4,6H,1H3,(H,9,10,12);1-3H3;. The summed E-state index contributed by atoms with van der Waals surface area (Å²) in [5.74, 6) is 1.55. The van der Waals surface area contributed by atoms with Crippen molar-refractivity contribution >= 4 is 36.6 Å². The van der Waals surface area contributed by atoms with Crippen molar-refractivity contribution in [2.24, 2.45) is 7.05 Å². The van der Waals surface area contributed by atoms with Gasteiger partial charge in [0.2, 0.25) is 0 Å². The van der Waals surface area contributed by atoms with E-state index in [2.05, 4.69) is 41.2 Å². The van der Waals surface area contributed by atoms with E-state index in [0.717, 1.165) is 5.82 Å². The molecule has 0 atom stereocenters. The van der Waals surface area contributed by atoms with E-state index in [4.69, 9.17) is 0 Å². The predicted molar refractivity (Wildman–Crippen MR) is 73.6 cm³/mol. The van der Waals surface area contributed by atoms with Crippen LogP contribution < -0.4 is 9.03 Å². The first-order valence-electron chi connectivity index (χ1n) is 5.80. The van der Waals surface area contributed by atoms with Gasteiger partial charge in [0, 0.05) is 0 Å². The molecule has 5 nitrogen and oxygen atoms in total. The fourth-order valence-corrected chi connectivity index (χ4v) is 4.59. The fourth-order valence-electron chi connectivity index (χ4n) is 1.48. The van der Waals surface area contributed by atoms with Gasteiger partial charge in [-0.3, -0.25) is 0 Å². The van der Waals surface area contributed by atoms with E-state index in [1.165, 1.54) is 3.71 Å². The molecule has 0 fully saturated rings. The first kappa shape index (κ1) is 13.3. The van der Waals surface area contributed by atoms with Gasteiger partial charge in [0.05, 0.1) is 0 Å². The number of rotatable bonds is 3. The first-order chi connectivity index (χ1) is 8.44. The van der Waals surface area contributed by atoms with Crippen LogP contribution in [0.25, 0.3) is 0 Å². The molecule has 0 saturated carbocycles. The summed E-state index contributed by atoms with van der Waals surface area (Å²) in [6, 6.07) is 3.94. The summed E-state index contributed by atoms with van der Waals surface area (Å²) in [7, 11) is 1.89. The second-order valence-electron chi connectivity index (χ2n) is 5.11. The third-order valence-electron chi connectivity index (χ3n) is 2.22. The zero-order valence-corrected chi connectivity index (χ0v) is 14.0. The summed E-state index contributed by atoms with van der Waals surface area (Å²) in [5, 5.41) is 7.29. The summed E-state index contributed by atoms with van der Waals surface area (Å²) in [4.78, 5) is 8.84. The van der Waals surface area contributed by atoms with Crippen molar-refractivity contribution in [3.63, 3.8) is 0 Å². The van der Waals surface area contributed by atoms with Gasteiger partial charge in [-0.05, 0) is 0 Å². The number of hydrogen-bond donors (Lipinski definition) is 1. The monoisotopic (exact) mass is 351 g/mol. The topological polar surface area (TPSA) is 55.6 Å². The van der Waals surface area contributed by atoms with E-state index in [-0.39, 0.29) is 0 Å². The number of anilines is 2. The average Bonchev–Trinajstić information content (AvgIpc) is 2.62. The molecule has 2 heterocycles. The molecule has 0 aromatic carbocycles. The van der Waals surface area contributed by atoms with E-state index >= 15 is 0 Å². The second kappa shape index (κ2) is 5.26. The van der Waals surface area contributed by atoms with Crippen LogP contribution in [-0.2, 0) is 7.05 Å². The molecule has 2 radical (unpaired) electrons. The van der Waals surface area contributed by atoms with Gasteiger partial charge in [0.1, 0.15) is 0 Å². The minimum atomic E-state index is -0.690. The van der Waals surface area contributed by atoms with Gasteiger partial charge < -0.3 is 0 Å². The Morgan fingerprint density at radius 2 is 2.00 bits per heavy atom. The molecule has 2 rings (SSSR count). The summed E-state index contributed by atoms with van der Waals surface area (Å²) in [5.41, 5.74) is 0. The molecule has 0 amide bonds. The zero-order valence-electron chi connectivity index (χ0n) is 11.1. The fraction of sp³-hybridized carbons (Fsp3) is 0.417. The van der Waals surface area contributed by atoms with Gasteiger partial charge in [0.15, 0.2) is 0 Å². The summed E-state index contributed by atoms with van der Waals surface area (Å²) in [6.45, 7) is 6.82. The maximum absolute atomic E-state index is 4.59. The molecule has 0 aliphatic heterocycles. The Labute approximate surface area is 117 Å². The molecule has 1 N–H and O–H groups in total. The van der Waals surface area contributed by atoms with Crippen LogP contribution in [0.2, 0.25) is 3.43 Å². The summed E-state index contributed by atoms with van der Waals surface area (Å²) < 4.78 is 3.37. The Kier molecular flexibility index (Phi) is 3.89. The SMILES string of the molecule is Cn1nccc1Nc1ncc[c]([Sn][C](C)(C)C)n1. The van der Waals surface area contributed by atoms with E-state index < -0.39 is 21.1 Å². The second-order valence-corrected chi connectivity index (χ2v) is 11.6. The molecule has 94 valence electrons. The Balaban J connectivity index is 2.15. The molecule has 0 aliphatic rings. The van der Waals surface area contributed by atoms with Crippen LogP contribution in [0.4, 0.5) is 11.8 Å². The van der Waals surface area contributed by atoms with E-state index in [1.807, 2.05) is 25.4 Å². The van der Waals surface area contributed by atoms with Crippen LogP contribution >= 0.6 is 0 Å². The molecule has 0 aliphatic carbocycles. The van der Waals surface area contributed by atoms with Gasteiger partial charge in [-0.2, -0.15) is 0 Å². The summed E-state index contributed by atoms with van der Waals surface area (Å²) >= 11 is -0.690. The van der Waals surface area contributed by atoms with Crippen LogP contribution in [0.1, 0.15) is 20.8 Å². The molecule has 6 heteroatoms. The molecule has 0 unspecified atom stereocenters. The van der Waals surface area contributed by atoms with Crippen LogP contribution in [0.5, 0.6) is 0 Å². The maximum atomic E-state index is 4.59. The van der Waals surface area contributed by atoms with Gasteiger partial charge >= 0.3 is 117 Å². The van der Waals surface area contributed by atoms with Crippen LogP contribution in [0, 0.1) is 0 Å². The Hall–Kier alpha value is -1.11. The third kappa shape index (κ3) is 3.69. The Morgan fingerprint density at radius 1 is 1.22 bits per heavy atom. The van der Waals surface area contributed by atoms with Crippen LogP contribution in [0.15, 0.2) is 24.5 Å². The van der Waals surface area contributed by atoms with E-state index in [9.17, 15) is 0 Å². The zero-order chi connectivity index (χ0) is 13.2. The van der Waals surface area contributed by atoms with Crippen molar-refractivity contribution < 1.29 is 0 Å². The van der Waals surface area contributed by atoms with Crippen molar-refractivity contribution in [2.45, 2.75) is 24.2 Å². The van der Waals surface area contributed by atoms with Gasteiger partial charge in [-0.1, -0.05) is 0 Å². The number of hydrogen-bond acceptors (Lipinski definition) is 4. The molecule has 2 aromatic rings. The molecular weight excluding hydrogens is 333 g/mol. The Bertz CT molecular complexity index is 529. The quantitative estimate of drug-likeness (QED) is 0.853. The number of aryl methyl sites for hydroxylation is 1. The summed E-state index contributed by atoms with van der Waals surface area (Å²) in [6.07, 6.45) is 3.58. The molecule has 0 spiro atoms. The van der Waals surface area contributed by atoms with Crippen LogP contribution in [-0.4, -0.2) is 40.9 Å². The number of nitrogens with zero attached hydrogens (tertiary/aromatic N) is 4. The van der Waals surface area contributed by atoms with Crippen LogP contribution in [0.3, 0.4) is 0 Å². The van der Waals surface area contributed by atoms with Crippen molar-refractivity contribution in [1.82, 2.24) is 19.7 Å². The van der Waals surface area contributed by atoms with E-state index in [0.29, 0.717) is 9.38 Å². The molecular formula is C12H17N5Sn. The third-order valence-corrected chi connectivity index (χ3v) is 5.89. The predicted octanol–water partition coefficient (Wildman–Crippen LogP) is 1.50. The average molecular weight is 350 g/mol. The minimum absolute atomic E-state index is 0.390. The molecule has 2 aromatic heterocycles. The molecule has 0 bridgehead atoms. The Morgan fingerprint density at radius 3 is 2.61 bits per heavy atom.